The van der Waals surface area contributed by atoms with E-state index >= 15 is 0 Å². The Morgan fingerprint density at radius 2 is 2.10 bits per heavy atom. The molecule has 0 saturated heterocycles. The first-order valence-electron chi connectivity index (χ1n) is 8.01. The van der Waals surface area contributed by atoms with E-state index in [9.17, 15) is 0 Å². The van der Waals surface area contributed by atoms with Crippen LogP contribution in [0.3, 0.4) is 0 Å². The second-order valence-corrected chi connectivity index (χ2v) is 5.87. The van der Waals surface area contributed by atoms with E-state index in [2.05, 4.69) is 48.0 Å². The number of likely N-dealkylation sites (N-methyl/N-ethyl adjacent to an activating group) is 1. The Morgan fingerprint density at radius 3 is 2.80 bits per heavy atom. The predicted molar refractivity (Wildman–Crippen MR) is 83.9 cm³/mol. The summed E-state index contributed by atoms with van der Waals surface area (Å²) >= 11 is 0. The first-order chi connectivity index (χ1) is 9.83. The van der Waals surface area contributed by atoms with Crippen molar-refractivity contribution in [2.75, 3.05) is 6.54 Å². The van der Waals surface area contributed by atoms with Crippen LogP contribution in [0, 0.1) is 5.92 Å². The van der Waals surface area contributed by atoms with Gasteiger partial charge in [0.05, 0.1) is 11.0 Å². The average molecular weight is 271 g/mol. The number of nitrogens with one attached hydrogen (secondary N) is 1. The number of benzene rings is 1. The van der Waals surface area contributed by atoms with E-state index in [1.165, 1.54) is 24.2 Å². The van der Waals surface area contributed by atoms with Gasteiger partial charge in [-0.3, -0.25) is 0 Å². The largest absolute Gasteiger partial charge is 0.328 e. The SMILES string of the molecule is CCCn1c(CC(NCC)C2CC2)nc2ccccc21. The van der Waals surface area contributed by atoms with Crippen molar-refractivity contribution in [2.24, 2.45) is 5.92 Å². The van der Waals surface area contributed by atoms with Crippen molar-refractivity contribution in [2.45, 2.75) is 52.1 Å². The Hall–Kier alpha value is -1.35. The molecule has 20 heavy (non-hydrogen) atoms. The fourth-order valence-corrected chi connectivity index (χ4v) is 3.12. The van der Waals surface area contributed by atoms with Crippen LogP contribution in [-0.2, 0) is 13.0 Å². The molecule has 0 bridgehead atoms. The lowest BCUT2D eigenvalue weighted by atomic mass is 10.1. The molecule has 0 spiro atoms. The molecule has 3 heteroatoms. The first-order valence-corrected chi connectivity index (χ1v) is 8.01. The van der Waals surface area contributed by atoms with Crippen LogP contribution < -0.4 is 5.32 Å². The molecular formula is C17H25N3. The molecule has 1 saturated carbocycles. The third-order valence-electron chi connectivity index (χ3n) is 4.24. The highest BCUT2D eigenvalue weighted by Crippen LogP contribution is 2.34. The maximum atomic E-state index is 4.89. The monoisotopic (exact) mass is 271 g/mol. The van der Waals surface area contributed by atoms with E-state index in [0.29, 0.717) is 6.04 Å². The third-order valence-corrected chi connectivity index (χ3v) is 4.24. The van der Waals surface area contributed by atoms with E-state index in [1.54, 1.807) is 0 Å². The van der Waals surface area contributed by atoms with Crippen LogP contribution in [0.1, 0.15) is 38.9 Å². The van der Waals surface area contributed by atoms with Gasteiger partial charge in [-0.2, -0.15) is 0 Å². The number of aromatic nitrogens is 2. The molecular weight excluding hydrogens is 246 g/mol. The minimum absolute atomic E-state index is 0.604. The van der Waals surface area contributed by atoms with Gasteiger partial charge < -0.3 is 9.88 Å². The van der Waals surface area contributed by atoms with Crippen molar-refractivity contribution in [1.82, 2.24) is 14.9 Å². The van der Waals surface area contributed by atoms with Gasteiger partial charge in [-0.05, 0) is 43.9 Å². The molecule has 1 aromatic carbocycles. The first kappa shape index (κ1) is 13.6. The molecule has 1 aliphatic rings. The van der Waals surface area contributed by atoms with Gasteiger partial charge in [0.15, 0.2) is 0 Å². The van der Waals surface area contributed by atoms with Crippen LogP contribution in [0.15, 0.2) is 24.3 Å². The van der Waals surface area contributed by atoms with Gasteiger partial charge in [-0.1, -0.05) is 26.0 Å². The van der Waals surface area contributed by atoms with Crippen molar-refractivity contribution in [3.05, 3.63) is 30.1 Å². The molecule has 1 fully saturated rings. The van der Waals surface area contributed by atoms with Crippen molar-refractivity contribution in [3.63, 3.8) is 0 Å². The van der Waals surface area contributed by atoms with Gasteiger partial charge in [0.2, 0.25) is 0 Å². The fourth-order valence-electron chi connectivity index (χ4n) is 3.12. The van der Waals surface area contributed by atoms with Crippen molar-refractivity contribution in [1.29, 1.82) is 0 Å². The lowest BCUT2D eigenvalue weighted by molar-refractivity contribution is 0.454. The Bertz CT molecular complexity index is 569. The molecule has 3 nitrogen and oxygen atoms in total. The van der Waals surface area contributed by atoms with E-state index in [0.717, 1.165) is 37.4 Å². The second-order valence-electron chi connectivity index (χ2n) is 5.87. The van der Waals surface area contributed by atoms with Crippen LogP contribution in [-0.4, -0.2) is 22.1 Å². The zero-order valence-electron chi connectivity index (χ0n) is 12.6. The van der Waals surface area contributed by atoms with E-state index in [4.69, 9.17) is 4.98 Å². The summed E-state index contributed by atoms with van der Waals surface area (Å²) in [5.74, 6) is 2.12. The van der Waals surface area contributed by atoms with Gasteiger partial charge in [-0.25, -0.2) is 4.98 Å². The lowest BCUT2D eigenvalue weighted by Gasteiger charge is -2.17. The van der Waals surface area contributed by atoms with E-state index in [-0.39, 0.29) is 0 Å². The van der Waals surface area contributed by atoms with Gasteiger partial charge in [-0.15, -0.1) is 0 Å². The van der Waals surface area contributed by atoms with Gasteiger partial charge >= 0.3 is 0 Å². The second kappa shape index (κ2) is 5.96. The molecule has 3 rings (SSSR count). The molecule has 2 aromatic rings. The van der Waals surface area contributed by atoms with Crippen LogP contribution in [0.2, 0.25) is 0 Å². The number of rotatable bonds is 7. The van der Waals surface area contributed by atoms with Crippen LogP contribution in [0.25, 0.3) is 11.0 Å². The lowest BCUT2D eigenvalue weighted by Crippen LogP contribution is -2.33. The van der Waals surface area contributed by atoms with Crippen molar-refractivity contribution < 1.29 is 0 Å². The maximum absolute atomic E-state index is 4.89. The number of nitrogens with zero attached hydrogens (tertiary/aromatic N) is 2. The highest BCUT2D eigenvalue weighted by atomic mass is 15.1. The van der Waals surface area contributed by atoms with Gasteiger partial charge in [0.1, 0.15) is 5.82 Å². The summed E-state index contributed by atoms with van der Waals surface area (Å²) in [6, 6.07) is 9.12. The molecule has 0 amide bonds. The van der Waals surface area contributed by atoms with Crippen molar-refractivity contribution in [3.8, 4) is 0 Å². The fraction of sp³-hybridized carbons (Fsp3) is 0.588. The number of hydrogen-bond acceptors (Lipinski definition) is 2. The molecule has 1 aromatic heterocycles. The van der Waals surface area contributed by atoms with Crippen LogP contribution in [0.4, 0.5) is 0 Å². The molecule has 1 N–H and O–H groups in total. The normalized spacial score (nSPS) is 16.7. The molecule has 1 atom stereocenters. The summed E-state index contributed by atoms with van der Waals surface area (Å²) in [6.45, 7) is 6.56. The minimum atomic E-state index is 0.604. The molecule has 1 aliphatic carbocycles. The Labute approximate surface area is 121 Å². The summed E-state index contributed by atoms with van der Waals surface area (Å²) in [7, 11) is 0. The summed E-state index contributed by atoms with van der Waals surface area (Å²) in [5, 5.41) is 3.65. The standard InChI is InChI=1S/C17H25N3/c1-3-11-20-16-8-6-5-7-14(16)19-17(20)12-15(18-4-2)13-9-10-13/h5-8,13,15,18H,3-4,9-12H2,1-2H3. The summed E-state index contributed by atoms with van der Waals surface area (Å²) < 4.78 is 2.42. The number of hydrogen-bond donors (Lipinski definition) is 1. The maximum Gasteiger partial charge on any atom is 0.111 e. The predicted octanol–water partition coefficient (Wildman–Crippen LogP) is 3.38. The van der Waals surface area contributed by atoms with Crippen molar-refractivity contribution >= 4 is 11.0 Å². The summed E-state index contributed by atoms with van der Waals surface area (Å²) in [4.78, 5) is 4.89. The molecule has 1 unspecified atom stereocenters. The minimum Gasteiger partial charge on any atom is -0.328 e. The van der Waals surface area contributed by atoms with E-state index < -0.39 is 0 Å². The van der Waals surface area contributed by atoms with Gasteiger partial charge in [0, 0.05) is 19.0 Å². The van der Waals surface area contributed by atoms with Crippen LogP contribution >= 0.6 is 0 Å². The quantitative estimate of drug-likeness (QED) is 0.836. The molecule has 1 heterocycles. The highest BCUT2D eigenvalue weighted by Gasteiger charge is 2.31. The number of aryl methyl sites for hydroxylation is 1. The molecule has 0 aliphatic heterocycles. The number of imidazole rings is 1. The van der Waals surface area contributed by atoms with Gasteiger partial charge in [0.25, 0.3) is 0 Å². The Kier molecular flexibility index (Phi) is 4.06. The Morgan fingerprint density at radius 1 is 1.30 bits per heavy atom. The zero-order valence-corrected chi connectivity index (χ0v) is 12.6. The molecule has 0 radical (unpaired) electrons. The zero-order chi connectivity index (χ0) is 13.9. The number of fused-ring (bicyclic) bond motifs is 1. The van der Waals surface area contributed by atoms with E-state index in [1.807, 2.05) is 0 Å². The van der Waals surface area contributed by atoms with Crippen LogP contribution in [0.5, 0.6) is 0 Å². The summed E-state index contributed by atoms with van der Waals surface area (Å²) in [6.07, 6.45) is 4.98. The molecule has 108 valence electrons. The third kappa shape index (κ3) is 2.73. The smallest absolute Gasteiger partial charge is 0.111 e. The highest BCUT2D eigenvalue weighted by molar-refractivity contribution is 5.75. The summed E-state index contributed by atoms with van der Waals surface area (Å²) in [5.41, 5.74) is 2.43. The topological polar surface area (TPSA) is 29.9 Å². The number of para-hydroxylation sites is 2. The average Bonchev–Trinajstić information content (AvgIpc) is 3.24. The Balaban J connectivity index is 1.90.